The zero-order valence-corrected chi connectivity index (χ0v) is 40.1. The van der Waals surface area contributed by atoms with E-state index in [9.17, 15) is 15.0 Å². The Morgan fingerprint density at radius 3 is 2.52 bits per heavy atom. The maximum Gasteiger partial charge on any atom is 0.264 e. The lowest BCUT2D eigenvalue weighted by molar-refractivity contribution is -0.145. The average molecular weight is 907 g/mol. The molecule has 0 radical (unpaired) electrons. The van der Waals surface area contributed by atoms with Crippen molar-refractivity contribution in [1.29, 1.82) is 0 Å². The Morgan fingerprint density at radius 1 is 1.05 bits per heavy atom. The van der Waals surface area contributed by atoms with Gasteiger partial charge >= 0.3 is 0 Å². The topological polar surface area (TPSA) is 142 Å². The van der Waals surface area contributed by atoms with Gasteiger partial charge in [-0.25, -0.2) is 0 Å². The summed E-state index contributed by atoms with van der Waals surface area (Å²) in [4.78, 5) is 33.6. The van der Waals surface area contributed by atoms with E-state index in [1.807, 2.05) is 86.8 Å². The minimum atomic E-state index is -3.51. The molecule has 4 aromatic rings. The number of nitrogens with one attached hydrogen (secondary N) is 1. The van der Waals surface area contributed by atoms with Crippen molar-refractivity contribution >= 4 is 37.3 Å². The van der Waals surface area contributed by atoms with Crippen molar-refractivity contribution in [2.75, 3.05) is 42.7 Å². The Balaban J connectivity index is 1.27. The highest BCUT2D eigenvalue weighted by molar-refractivity contribution is 6.72. The SMILES string of the molecule is CCOc1ccc2c(c1)CC(NCCCCO)C(=O)N2c1ccc2c(c1)[C@]1(O[C@@H](CCn3cc(C(CO)c4ccccc4)nn3)[C@H]([Si](C)(C)F)[C@H]1C)C(=O)N2C/C=C(\C)CCC=C(C)C. The second-order valence-corrected chi connectivity index (χ2v) is 22.4. The number of carbonyl (C=O) groups is 2. The standard InChI is InChI=1S/C51H67FN6O6Si/c1-8-63-40-20-22-45-38(29-40)30-43(53-25-12-13-28-59)49(61)58(45)39-19-21-46-42(31-39)51(50(62)57(46)27-23-35(4)16-14-15-34(2)3)36(5)48(65(6,7)52)47(64-51)24-26-56-32-44(54-55-56)41(33-60)37-17-10-9-11-18-37/h9-11,15,17-23,29,31-32,36,41,43,47-48,53,59-60H,8,12-14,16,24-28,30,33H2,1-7H3/b35-23+/t36-,41?,43?,47+,48-,51+/m1/s1. The van der Waals surface area contributed by atoms with Gasteiger partial charge in [-0.05, 0) is 133 Å². The van der Waals surface area contributed by atoms with Crippen molar-refractivity contribution in [3.8, 4) is 5.75 Å². The molecular formula is C51H67FN6O6Si. The summed E-state index contributed by atoms with van der Waals surface area (Å²) in [6.07, 6.45) is 9.45. The van der Waals surface area contributed by atoms with Crippen LogP contribution < -0.4 is 19.9 Å². The van der Waals surface area contributed by atoms with Crippen LogP contribution in [-0.2, 0) is 32.9 Å². The maximum absolute atomic E-state index is 17.0. The number of unbranched alkanes of at least 4 members (excludes halogenated alkanes) is 1. The molecule has 3 aliphatic heterocycles. The Bertz CT molecular complexity index is 2360. The van der Waals surface area contributed by atoms with Gasteiger partial charge in [0, 0.05) is 48.6 Å². The number of aromatic nitrogens is 3. The van der Waals surface area contributed by atoms with E-state index in [1.165, 1.54) is 5.57 Å². The number of anilines is 3. The van der Waals surface area contributed by atoms with Gasteiger partial charge in [0.1, 0.15) is 5.75 Å². The molecule has 3 aromatic carbocycles. The molecule has 4 heterocycles. The number of allylic oxidation sites excluding steroid dienone is 3. The van der Waals surface area contributed by atoms with E-state index in [4.69, 9.17) is 9.47 Å². The van der Waals surface area contributed by atoms with Crippen molar-refractivity contribution in [3.05, 3.63) is 119 Å². The first-order valence-corrected chi connectivity index (χ1v) is 26.3. The van der Waals surface area contributed by atoms with Gasteiger partial charge in [0.05, 0.1) is 48.3 Å². The highest BCUT2D eigenvalue weighted by atomic mass is 28.4. The van der Waals surface area contributed by atoms with E-state index in [-0.39, 0.29) is 30.9 Å². The zero-order chi connectivity index (χ0) is 46.5. The predicted octanol–water partition coefficient (Wildman–Crippen LogP) is 8.66. The van der Waals surface area contributed by atoms with Gasteiger partial charge in [0.15, 0.2) is 5.60 Å². The molecule has 7 rings (SSSR count). The zero-order valence-electron chi connectivity index (χ0n) is 39.1. The second kappa shape index (κ2) is 20.7. The minimum absolute atomic E-state index is 0.0797. The number of fused-ring (bicyclic) bond motifs is 3. The van der Waals surface area contributed by atoms with Crippen molar-refractivity contribution in [3.63, 3.8) is 0 Å². The van der Waals surface area contributed by atoms with Gasteiger partial charge in [0.2, 0.25) is 14.3 Å². The Labute approximate surface area is 384 Å². The van der Waals surface area contributed by atoms with E-state index in [0.717, 1.165) is 41.6 Å². The Hall–Kier alpha value is -4.99. The number of hydrogen-bond donors (Lipinski definition) is 3. The van der Waals surface area contributed by atoms with Crippen LogP contribution in [0.2, 0.25) is 18.6 Å². The first-order chi connectivity index (χ1) is 31.2. The minimum Gasteiger partial charge on any atom is -0.494 e. The summed E-state index contributed by atoms with van der Waals surface area (Å²) in [5, 5.41) is 32.0. The molecule has 1 saturated heterocycles. The molecule has 1 spiro atoms. The fraction of sp³-hybridized carbons (Fsp3) is 0.490. The van der Waals surface area contributed by atoms with Crippen LogP contribution in [0, 0.1) is 5.92 Å². The molecule has 2 unspecified atom stereocenters. The van der Waals surface area contributed by atoms with Crippen molar-refractivity contribution in [2.24, 2.45) is 5.92 Å². The molecule has 0 aliphatic carbocycles. The molecule has 1 aromatic heterocycles. The molecule has 348 valence electrons. The number of aliphatic hydroxyl groups is 2. The lowest BCUT2D eigenvalue weighted by Crippen LogP contribution is -2.49. The van der Waals surface area contributed by atoms with Crippen LogP contribution >= 0.6 is 0 Å². The van der Waals surface area contributed by atoms with E-state index < -0.39 is 37.6 Å². The van der Waals surface area contributed by atoms with Crippen LogP contribution in [0.5, 0.6) is 5.75 Å². The number of aryl methyl sites for hydroxylation is 1. The van der Waals surface area contributed by atoms with Gasteiger partial charge in [-0.15, -0.1) is 5.10 Å². The number of ether oxygens (including phenoxy) is 2. The van der Waals surface area contributed by atoms with E-state index in [2.05, 4.69) is 48.6 Å². The second-order valence-electron chi connectivity index (χ2n) is 18.6. The molecule has 3 aliphatic rings. The Morgan fingerprint density at radius 2 is 1.82 bits per heavy atom. The van der Waals surface area contributed by atoms with Gasteiger partial charge in [-0.3, -0.25) is 19.2 Å². The summed E-state index contributed by atoms with van der Waals surface area (Å²) in [6.45, 7) is 15.2. The highest BCUT2D eigenvalue weighted by Crippen LogP contribution is 2.61. The monoisotopic (exact) mass is 906 g/mol. The number of aliphatic hydroxyl groups excluding tert-OH is 2. The van der Waals surface area contributed by atoms with Gasteiger partial charge in [-0.1, -0.05) is 65.8 Å². The predicted molar refractivity (Wildman–Crippen MR) is 256 cm³/mol. The molecule has 65 heavy (non-hydrogen) atoms. The quantitative estimate of drug-likeness (QED) is 0.0344. The Kier molecular flexibility index (Phi) is 15.2. The summed E-state index contributed by atoms with van der Waals surface area (Å²) in [7, 11) is -3.51. The van der Waals surface area contributed by atoms with E-state index in [1.54, 1.807) is 27.6 Å². The molecule has 2 amide bonds. The lowest BCUT2D eigenvalue weighted by Gasteiger charge is -2.36. The third kappa shape index (κ3) is 10.1. The fourth-order valence-electron chi connectivity index (χ4n) is 10.2. The van der Waals surface area contributed by atoms with Crippen LogP contribution in [-0.4, -0.2) is 90.5 Å². The van der Waals surface area contributed by atoms with Crippen molar-refractivity contribution in [2.45, 2.75) is 122 Å². The van der Waals surface area contributed by atoms with Crippen molar-refractivity contribution < 1.29 is 33.4 Å². The first-order valence-electron chi connectivity index (χ1n) is 23.3. The third-order valence-electron chi connectivity index (χ3n) is 13.4. The fourth-order valence-corrected chi connectivity index (χ4v) is 12.7. The number of hydrogen-bond acceptors (Lipinski definition) is 9. The molecule has 0 bridgehead atoms. The molecule has 1 fully saturated rings. The third-order valence-corrected chi connectivity index (χ3v) is 15.8. The van der Waals surface area contributed by atoms with Crippen LogP contribution in [0.1, 0.15) is 95.0 Å². The van der Waals surface area contributed by atoms with Crippen LogP contribution in [0.15, 0.2) is 96.2 Å². The largest absolute Gasteiger partial charge is 0.494 e. The van der Waals surface area contributed by atoms with Crippen LogP contribution in [0.3, 0.4) is 0 Å². The number of benzene rings is 3. The maximum atomic E-state index is 17.0. The molecule has 3 N–H and O–H groups in total. The van der Waals surface area contributed by atoms with Crippen LogP contribution in [0.4, 0.5) is 21.2 Å². The molecule has 12 nitrogen and oxygen atoms in total. The molecule has 14 heteroatoms. The first kappa shape index (κ1) is 48.0. The summed E-state index contributed by atoms with van der Waals surface area (Å²) in [5.74, 6) is -0.542. The summed E-state index contributed by atoms with van der Waals surface area (Å²) in [5.41, 5.74) is 5.47. The molecule has 6 atom stereocenters. The van der Waals surface area contributed by atoms with Gasteiger partial charge in [-0.2, -0.15) is 0 Å². The molecule has 0 saturated carbocycles. The number of amides is 2. The van der Waals surface area contributed by atoms with E-state index >= 15 is 8.90 Å². The van der Waals surface area contributed by atoms with Gasteiger partial charge in [0.25, 0.3) is 5.91 Å². The summed E-state index contributed by atoms with van der Waals surface area (Å²) in [6, 6.07) is 20.7. The summed E-state index contributed by atoms with van der Waals surface area (Å²) < 4.78 is 31.8. The number of halogens is 1. The number of carbonyl (C=O) groups excluding carboxylic acids is 2. The smallest absolute Gasteiger partial charge is 0.264 e. The molecular weight excluding hydrogens is 840 g/mol. The van der Waals surface area contributed by atoms with Crippen molar-refractivity contribution in [1.82, 2.24) is 20.3 Å². The number of rotatable bonds is 20. The van der Waals surface area contributed by atoms with Gasteiger partial charge < -0.3 is 34.0 Å². The summed E-state index contributed by atoms with van der Waals surface area (Å²) >= 11 is 0. The lowest BCUT2D eigenvalue weighted by atomic mass is 9.82. The highest BCUT2D eigenvalue weighted by Gasteiger charge is 2.66. The number of nitrogens with zero attached hydrogens (tertiary/aromatic N) is 5. The van der Waals surface area contributed by atoms with Crippen LogP contribution in [0.25, 0.3) is 0 Å². The normalized spacial score (nSPS) is 22.4. The average Bonchev–Trinajstić information content (AvgIpc) is 3.93. The van der Waals surface area contributed by atoms with E-state index in [0.29, 0.717) is 73.9 Å².